The van der Waals surface area contributed by atoms with E-state index < -0.39 is 0 Å². The number of benzene rings is 1. The van der Waals surface area contributed by atoms with Crippen LogP contribution in [0.1, 0.15) is 24.8 Å². The van der Waals surface area contributed by atoms with Gasteiger partial charge in [-0.25, -0.2) is 0 Å². The second-order valence-corrected chi connectivity index (χ2v) is 4.52. The van der Waals surface area contributed by atoms with Crippen molar-refractivity contribution < 1.29 is 5.11 Å². The molecule has 0 atom stereocenters. The number of nitrogen functional groups attached to an aromatic ring is 1. The molecule has 3 nitrogen and oxygen atoms in total. The fourth-order valence-corrected chi connectivity index (χ4v) is 2.13. The quantitative estimate of drug-likeness (QED) is 0.741. The van der Waals surface area contributed by atoms with Gasteiger partial charge in [-0.1, -0.05) is 18.6 Å². The van der Waals surface area contributed by atoms with E-state index in [1.165, 1.54) is 24.8 Å². The molecule has 1 aromatic rings. The van der Waals surface area contributed by atoms with Crippen LogP contribution >= 0.6 is 0 Å². The molecule has 0 aromatic heterocycles. The van der Waals surface area contributed by atoms with E-state index in [0.29, 0.717) is 6.04 Å². The molecule has 1 saturated carbocycles. The zero-order valence-electron chi connectivity index (χ0n) is 9.60. The van der Waals surface area contributed by atoms with Crippen LogP contribution in [0, 0.1) is 0 Å². The van der Waals surface area contributed by atoms with E-state index in [0.717, 1.165) is 18.8 Å². The highest BCUT2D eigenvalue weighted by molar-refractivity contribution is 5.39. The van der Waals surface area contributed by atoms with Gasteiger partial charge in [-0.15, -0.1) is 0 Å². The fraction of sp³-hybridized carbons (Fsp3) is 0.538. The SMILES string of the molecule is Nc1ccc(CN(CCO)C2CCC2)cc1. The van der Waals surface area contributed by atoms with Gasteiger partial charge >= 0.3 is 0 Å². The molecule has 88 valence electrons. The van der Waals surface area contributed by atoms with Crippen molar-refractivity contribution in [1.29, 1.82) is 0 Å². The van der Waals surface area contributed by atoms with E-state index in [1.807, 2.05) is 12.1 Å². The summed E-state index contributed by atoms with van der Waals surface area (Å²) in [6, 6.07) is 8.68. The summed E-state index contributed by atoms with van der Waals surface area (Å²) in [6.45, 7) is 1.94. The molecule has 16 heavy (non-hydrogen) atoms. The monoisotopic (exact) mass is 220 g/mol. The molecule has 0 aliphatic heterocycles. The summed E-state index contributed by atoms with van der Waals surface area (Å²) in [5.74, 6) is 0. The molecule has 2 rings (SSSR count). The number of nitrogens with zero attached hydrogens (tertiary/aromatic N) is 1. The molecule has 1 aliphatic carbocycles. The fourth-order valence-electron chi connectivity index (χ4n) is 2.13. The Balaban J connectivity index is 1.96. The lowest BCUT2D eigenvalue weighted by Gasteiger charge is -2.37. The largest absolute Gasteiger partial charge is 0.399 e. The number of anilines is 1. The number of nitrogens with two attached hydrogens (primary N) is 1. The van der Waals surface area contributed by atoms with Crippen LogP contribution in [0.5, 0.6) is 0 Å². The number of aliphatic hydroxyl groups is 1. The van der Waals surface area contributed by atoms with Crippen molar-refractivity contribution in [2.45, 2.75) is 31.8 Å². The summed E-state index contributed by atoms with van der Waals surface area (Å²) in [6.07, 6.45) is 3.87. The number of hydrogen-bond acceptors (Lipinski definition) is 3. The van der Waals surface area contributed by atoms with Crippen LogP contribution in [0.3, 0.4) is 0 Å². The Morgan fingerprint density at radius 2 is 1.94 bits per heavy atom. The van der Waals surface area contributed by atoms with Gasteiger partial charge < -0.3 is 10.8 Å². The molecular weight excluding hydrogens is 200 g/mol. The van der Waals surface area contributed by atoms with Crippen molar-refractivity contribution in [1.82, 2.24) is 4.90 Å². The van der Waals surface area contributed by atoms with E-state index in [1.54, 1.807) is 0 Å². The standard InChI is InChI=1S/C13H20N2O/c14-12-6-4-11(5-7-12)10-15(8-9-16)13-2-1-3-13/h4-7,13,16H,1-3,8-10,14H2. The van der Waals surface area contributed by atoms with Gasteiger partial charge in [0.2, 0.25) is 0 Å². The summed E-state index contributed by atoms with van der Waals surface area (Å²) in [7, 11) is 0. The van der Waals surface area contributed by atoms with E-state index in [4.69, 9.17) is 10.8 Å². The Morgan fingerprint density at radius 1 is 1.25 bits per heavy atom. The zero-order valence-corrected chi connectivity index (χ0v) is 9.60. The molecule has 0 spiro atoms. The molecule has 0 unspecified atom stereocenters. The third-order valence-electron chi connectivity index (χ3n) is 3.34. The Bertz CT molecular complexity index is 319. The molecule has 3 N–H and O–H groups in total. The van der Waals surface area contributed by atoms with Gasteiger partial charge in [-0.2, -0.15) is 0 Å². The highest BCUT2D eigenvalue weighted by Crippen LogP contribution is 2.26. The Morgan fingerprint density at radius 3 is 2.44 bits per heavy atom. The van der Waals surface area contributed by atoms with Crippen LogP contribution < -0.4 is 5.73 Å². The molecule has 0 amide bonds. The van der Waals surface area contributed by atoms with Crippen molar-refractivity contribution >= 4 is 5.69 Å². The van der Waals surface area contributed by atoms with Gasteiger partial charge in [0.05, 0.1) is 6.61 Å². The van der Waals surface area contributed by atoms with Crippen LogP contribution in [0.2, 0.25) is 0 Å². The molecule has 0 radical (unpaired) electrons. The van der Waals surface area contributed by atoms with Crippen LogP contribution in [0.4, 0.5) is 5.69 Å². The summed E-state index contributed by atoms with van der Waals surface area (Å²) in [5, 5.41) is 9.07. The first kappa shape index (κ1) is 11.4. The minimum Gasteiger partial charge on any atom is -0.399 e. The third-order valence-corrected chi connectivity index (χ3v) is 3.34. The lowest BCUT2D eigenvalue weighted by Crippen LogP contribution is -2.41. The first-order valence-electron chi connectivity index (χ1n) is 5.99. The highest BCUT2D eigenvalue weighted by atomic mass is 16.3. The van der Waals surface area contributed by atoms with Crippen molar-refractivity contribution in [2.75, 3.05) is 18.9 Å². The second kappa shape index (κ2) is 5.32. The van der Waals surface area contributed by atoms with Gasteiger partial charge in [0, 0.05) is 24.8 Å². The molecule has 3 heteroatoms. The van der Waals surface area contributed by atoms with E-state index in [2.05, 4.69) is 17.0 Å². The van der Waals surface area contributed by atoms with Crippen molar-refractivity contribution in [3.8, 4) is 0 Å². The van der Waals surface area contributed by atoms with Gasteiger partial charge in [-0.3, -0.25) is 4.90 Å². The minimum atomic E-state index is 0.242. The summed E-state index contributed by atoms with van der Waals surface area (Å²) >= 11 is 0. The lowest BCUT2D eigenvalue weighted by atomic mass is 9.91. The molecule has 0 heterocycles. The van der Waals surface area contributed by atoms with E-state index in [-0.39, 0.29) is 6.61 Å². The Kier molecular flexibility index (Phi) is 3.80. The van der Waals surface area contributed by atoms with Crippen LogP contribution in [-0.2, 0) is 6.54 Å². The predicted octanol–water partition coefficient (Wildman–Crippen LogP) is 1.62. The smallest absolute Gasteiger partial charge is 0.0558 e. The Hall–Kier alpha value is -1.06. The van der Waals surface area contributed by atoms with Gasteiger partial charge in [0.25, 0.3) is 0 Å². The molecule has 0 saturated heterocycles. The molecule has 1 fully saturated rings. The number of hydrogen-bond donors (Lipinski definition) is 2. The maximum Gasteiger partial charge on any atom is 0.0558 e. The van der Waals surface area contributed by atoms with Crippen LogP contribution in [-0.4, -0.2) is 29.2 Å². The van der Waals surface area contributed by atoms with Crippen LogP contribution in [0.25, 0.3) is 0 Å². The van der Waals surface area contributed by atoms with Crippen molar-refractivity contribution in [3.05, 3.63) is 29.8 Å². The average Bonchev–Trinajstić information content (AvgIpc) is 2.19. The predicted molar refractivity (Wildman–Crippen MR) is 66.0 cm³/mol. The maximum absolute atomic E-state index is 9.07. The maximum atomic E-state index is 9.07. The van der Waals surface area contributed by atoms with Crippen molar-refractivity contribution in [2.24, 2.45) is 0 Å². The number of rotatable bonds is 5. The first-order valence-corrected chi connectivity index (χ1v) is 5.99. The van der Waals surface area contributed by atoms with Crippen molar-refractivity contribution in [3.63, 3.8) is 0 Å². The topological polar surface area (TPSA) is 49.5 Å². The first-order chi connectivity index (χ1) is 7.79. The average molecular weight is 220 g/mol. The van der Waals surface area contributed by atoms with Crippen LogP contribution in [0.15, 0.2) is 24.3 Å². The minimum absolute atomic E-state index is 0.242. The second-order valence-electron chi connectivity index (χ2n) is 4.52. The molecular formula is C13H20N2O. The third kappa shape index (κ3) is 2.74. The normalized spacial score (nSPS) is 16.4. The Labute approximate surface area is 96.9 Å². The summed E-state index contributed by atoms with van der Waals surface area (Å²) < 4.78 is 0. The summed E-state index contributed by atoms with van der Waals surface area (Å²) in [4.78, 5) is 2.37. The van der Waals surface area contributed by atoms with Gasteiger partial charge in [-0.05, 0) is 30.5 Å². The van der Waals surface area contributed by atoms with Gasteiger partial charge in [0.1, 0.15) is 0 Å². The highest BCUT2D eigenvalue weighted by Gasteiger charge is 2.24. The zero-order chi connectivity index (χ0) is 11.4. The summed E-state index contributed by atoms with van der Waals surface area (Å²) in [5.41, 5.74) is 7.74. The molecule has 0 bridgehead atoms. The lowest BCUT2D eigenvalue weighted by molar-refractivity contribution is 0.0946. The van der Waals surface area contributed by atoms with E-state index >= 15 is 0 Å². The van der Waals surface area contributed by atoms with Gasteiger partial charge in [0.15, 0.2) is 0 Å². The molecule has 1 aliphatic rings. The van der Waals surface area contributed by atoms with E-state index in [9.17, 15) is 0 Å². The molecule has 1 aromatic carbocycles. The number of aliphatic hydroxyl groups excluding tert-OH is 1.